The highest BCUT2D eigenvalue weighted by Gasteiger charge is 2.82. The van der Waals surface area contributed by atoms with Crippen LogP contribution in [-0.4, -0.2) is 59.9 Å². The van der Waals surface area contributed by atoms with Crippen molar-refractivity contribution in [3.05, 3.63) is 0 Å². The molecule has 0 aromatic rings. The van der Waals surface area contributed by atoms with Gasteiger partial charge in [-0.25, -0.2) is 0 Å². The predicted molar refractivity (Wildman–Crippen MR) is 126 cm³/mol. The summed E-state index contributed by atoms with van der Waals surface area (Å²) >= 11 is 0. The lowest BCUT2D eigenvalue weighted by Gasteiger charge is -2.50. The standard InChI is InChI=1S/C26H34F12O6/c1-8-20(6,7)19(41)42-16-10-14(21(23(27,28)29,24(30,31)32)43-17(39)12(2)3)9-15(11-16)22(25(33,34)35,26(36,37)38)44-18(40)13(4)5/h12-16H,8-11H2,1-7H3. The van der Waals surface area contributed by atoms with Gasteiger partial charge in [0.25, 0.3) is 0 Å². The summed E-state index contributed by atoms with van der Waals surface area (Å²) in [5.41, 5.74) is -12.8. The Kier molecular flexibility index (Phi) is 11.5. The number of esters is 3. The average molecular weight is 671 g/mol. The Balaban J connectivity index is 4.19. The highest BCUT2D eigenvalue weighted by atomic mass is 19.4. The highest BCUT2D eigenvalue weighted by Crippen LogP contribution is 2.60. The maximum absolute atomic E-state index is 14.5. The summed E-state index contributed by atoms with van der Waals surface area (Å²) < 4.78 is 187. The van der Waals surface area contributed by atoms with Gasteiger partial charge in [-0.05, 0) is 39.5 Å². The summed E-state index contributed by atoms with van der Waals surface area (Å²) in [4.78, 5) is 37.1. The Morgan fingerprint density at radius 1 is 0.614 bits per heavy atom. The van der Waals surface area contributed by atoms with E-state index < -0.39 is 108 Å². The van der Waals surface area contributed by atoms with Crippen LogP contribution < -0.4 is 0 Å². The monoisotopic (exact) mass is 670 g/mol. The third-order valence-electron chi connectivity index (χ3n) is 7.67. The molecule has 0 spiro atoms. The van der Waals surface area contributed by atoms with Gasteiger partial charge < -0.3 is 14.2 Å². The van der Waals surface area contributed by atoms with Crippen molar-refractivity contribution in [3.63, 3.8) is 0 Å². The maximum Gasteiger partial charge on any atom is 0.437 e. The maximum atomic E-state index is 14.5. The molecule has 0 aromatic heterocycles. The second-order valence-electron chi connectivity index (χ2n) is 12.0. The summed E-state index contributed by atoms with van der Waals surface area (Å²) in [6.45, 7) is 7.16. The van der Waals surface area contributed by atoms with Crippen LogP contribution in [0.15, 0.2) is 0 Å². The molecule has 0 saturated heterocycles. The van der Waals surface area contributed by atoms with Crippen LogP contribution in [-0.2, 0) is 28.6 Å². The molecule has 1 fully saturated rings. The van der Waals surface area contributed by atoms with Crippen molar-refractivity contribution in [1.82, 2.24) is 0 Å². The summed E-state index contributed by atoms with van der Waals surface area (Å²) in [6, 6.07) is 0. The zero-order valence-corrected chi connectivity index (χ0v) is 24.7. The van der Waals surface area contributed by atoms with Crippen LogP contribution in [0.5, 0.6) is 0 Å². The molecule has 2 unspecified atom stereocenters. The molecule has 1 aliphatic carbocycles. The lowest BCUT2D eigenvalue weighted by atomic mass is 9.65. The van der Waals surface area contributed by atoms with Gasteiger partial charge in [-0.1, -0.05) is 34.6 Å². The molecule has 0 radical (unpaired) electrons. The molecule has 0 heterocycles. The number of carbonyl (C=O) groups excluding carboxylic acids is 3. The average Bonchev–Trinajstić information content (AvgIpc) is 2.81. The van der Waals surface area contributed by atoms with Crippen LogP contribution in [0.4, 0.5) is 52.7 Å². The molecule has 18 heteroatoms. The molecule has 0 bridgehead atoms. The summed E-state index contributed by atoms with van der Waals surface area (Å²) in [5, 5.41) is 0. The third kappa shape index (κ3) is 7.50. The first kappa shape index (κ1) is 39.6. The van der Waals surface area contributed by atoms with Gasteiger partial charge in [0.15, 0.2) is 0 Å². The van der Waals surface area contributed by atoms with Crippen molar-refractivity contribution >= 4 is 17.9 Å². The fraction of sp³-hybridized carbons (Fsp3) is 0.885. The predicted octanol–water partition coefficient (Wildman–Crippen LogP) is 7.88. The first-order valence-electron chi connectivity index (χ1n) is 13.4. The van der Waals surface area contributed by atoms with Gasteiger partial charge in [0.2, 0.25) is 0 Å². The van der Waals surface area contributed by atoms with Crippen molar-refractivity contribution in [2.45, 2.75) is 116 Å². The van der Waals surface area contributed by atoms with Crippen LogP contribution >= 0.6 is 0 Å². The summed E-state index contributed by atoms with van der Waals surface area (Å²) in [7, 11) is 0. The van der Waals surface area contributed by atoms with Crippen molar-refractivity contribution in [3.8, 4) is 0 Å². The minimum absolute atomic E-state index is 0.0620. The molecule has 0 aliphatic heterocycles. The molecule has 0 aromatic carbocycles. The SMILES string of the molecule is CCC(C)(C)C(=O)OC1CC(C(OC(=O)C(C)C)(C(F)(F)F)C(F)(F)F)CC(C(OC(=O)C(C)C)(C(F)(F)F)C(F)(F)F)C1. The first-order valence-corrected chi connectivity index (χ1v) is 13.4. The van der Waals surface area contributed by atoms with E-state index in [1.54, 1.807) is 0 Å². The number of halogens is 12. The van der Waals surface area contributed by atoms with E-state index in [2.05, 4.69) is 9.47 Å². The summed E-state index contributed by atoms with van der Waals surface area (Å²) in [6.07, 6.45) is -34.5. The second kappa shape index (κ2) is 12.8. The number of hydrogen-bond donors (Lipinski definition) is 0. The van der Waals surface area contributed by atoms with Crippen molar-refractivity contribution in [1.29, 1.82) is 0 Å². The molecule has 0 N–H and O–H groups in total. The molecule has 1 aliphatic rings. The largest absolute Gasteiger partial charge is 0.462 e. The Bertz CT molecular complexity index is 946. The normalized spacial score (nSPS) is 21.3. The Morgan fingerprint density at radius 2 is 0.909 bits per heavy atom. The minimum Gasteiger partial charge on any atom is -0.462 e. The fourth-order valence-electron chi connectivity index (χ4n) is 4.68. The zero-order valence-electron chi connectivity index (χ0n) is 24.7. The quantitative estimate of drug-likeness (QED) is 0.141. The van der Waals surface area contributed by atoms with Gasteiger partial charge in [0, 0.05) is 11.8 Å². The second-order valence-corrected chi connectivity index (χ2v) is 12.0. The van der Waals surface area contributed by atoms with E-state index in [9.17, 15) is 67.1 Å². The lowest BCUT2D eigenvalue weighted by Crippen LogP contribution is -2.69. The Morgan fingerprint density at radius 3 is 1.14 bits per heavy atom. The number of carbonyl (C=O) groups is 3. The number of rotatable bonds is 9. The molecule has 2 atom stereocenters. The van der Waals surface area contributed by atoms with Gasteiger partial charge in [-0.15, -0.1) is 0 Å². The lowest BCUT2D eigenvalue weighted by molar-refractivity contribution is -0.406. The van der Waals surface area contributed by atoms with Crippen molar-refractivity contribution in [2.24, 2.45) is 29.1 Å². The van der Waals surface area contributed by atoms with Crippen LogP contribution in [0, 0.1) is 29.1 Å². The van der Waals surface area contributed by atoms with E-state index in [-0.39, 0.29) is 6.42 Å². The zero-order chi connectivity index (χ0) is 35.1. The molecule has 44 heavy (non-hydrogen) atoms. The van der Waals surface area contributed by atoms with Gasteiger partial charge in [-0.3, -0.25) is 14.4 Å². The Hall–Kier alpha value is -2.43. The molecular formula is C26H34F12O6. The molecule has 6 nitrogen and oxygen atoms in total. The van der Waals surface area contributed by atoms with E-state index in [0.29, 0.717) is 0 Å². The van der Waals surface area contributed by atoms with Crippen molar-refractivity contribution in [2.75, 3.05) is 0 Å². The van der Waals surface area contributed by atoms with Gasteiger partial charge in [-0.2, -0.15) is 52.7 Å². The fourth-order valence-corrected chi connectivity index (χ4v) is 4.68. The molecule has 1 saturated carbocycles. The van der Waals surface area contributed by atoms with E-state index in [4.69, 9.17) is 4.74 Å². The van der Waals surface area contributed by atoms with Crippen LogP contribution in [0.25, 0.3) is 0 Å². The molecule has 258 valence electrons. The van der Waals surface area contributed by atoms with E-state index in [0.717, 1.165) is 27.7 Å². The van der Waals surface area contributed by atoms with Crippen LogP contribution in [0.2, 0.25) is 0 Å². The van der Waals surface area contributed by atoms with Crippen LogP contribution in [0.3, 0.4) is 0 Å². The topological polar surface area (TPSA) is 78.9 Å². The van der Waals surface area contributed by atoms with Gasteiger partial charge >= 0.3 is 53.8 Å². The first-order chi connectivity index (χ1) is 19.4. The van der Waals surface area contributed by atoms with Crippen molar-refractivity contribution < 1.29 is 81.3 Å². The molecule has 0 amide bonds. The smallest absolute Gasteiger partial charge is 0.437 e. The van der Waals surface area contributed by atoms with E-state index in [1.165, 1.54) is 20.8 Å². The van der Waals surface area contributed by atoms with E-state index >= 15 is 0 Å². The highest BCUT2D eigenvalue weighted by molar-refractivity contribution is 5.76. The number of ether oxygens (including phenoxy) is 3. The van der Waals surface area contributed by atoms with Crippen LogP contribution in [0.1, 0.15) is 74.1 Å². The molecular weight excluding hydrogens is 636 g/mol. The Labute approximate surface area is 245 Å². The third-order valence-corrected chi connectivity index (χ3v) is 7.67. The molecule has 1 rings (SSSR count). The summed E-state index contributed by atoms with van der Waals surface area (Å²) in [5.74, 6) is -15.8. The minimum atomic E-state index is -6.65. The van der Waals surface area contributed by atoms with E-state index in [1.807, 2.05) is 0 Å². The van der Waals surface area contributed by atoms with Gasteiger partial charge in [0.1, 0.15) is 6.10 Å². The number of alkyl halides is 12. The van der Waals surface area contributed by atoms with Gasteiger partial charge in [0.05, 0.1) is 17.3 Å². The number of hydrogen-bond acceptors (Lipinski definition) is 6.